The Morgan fingerprint density at radius 2 is 1.34 bits per heavy atom. The van der Waals surface area contributed by atoms with Crippen molar-refractivity contribution < 1.29 is 28.7 Å². The molecule has 0 saturated carbocycles. The number of carbonyl (C=O) groups is 4. The third-order valence-corrected chi connectivity index (χ3v) is 13.7. The van der Waals surface area contributed by atoms with Crippen molar-refractivity contribution in [3.05, 3.63) is 68.1 Å². The molecule has 7 rings (SSSR count). The molecule has 0 fully saturated rings. The lowest BCUT2D eigenvalue weighted by Crippen LogP contribution is -2.44. The van der Waals surface area contributed by atoms with Crippen molar-refractivity contribution in [2.45, 2.75) is 95.3 Å². The lowest BCUT2D eigenvalue weighted by atomic mass is 9.90. The van der Waals surface area contributed by atoms with Crippen LogP contribution in [0.1, 0.15) is 89.1 Å². The van der Waals surface area contributed by atoms with Crippen LogP contribution in [0.4, 0.5) is 0 Å². The monoisotopic (exact) mass is 795 g/mol. The fourth-order valence-corrected chi connectivity index (χ4v) is 10.8. The molecule has 280 valence electrons. The molecule has 0 spiro atoms. The second-order valence-corrected chi connectivity index (χ2v) is 18.3. The number of rotatable bonds is 4. The molecule has 0 aliphatic carbocycles. The molecule has 17 heteroatoms. The van der Waals surface area contributed by atoms with E-state index in [0.29, 0.717) is 34.4 Å². The molecule has 53 heavy (non-hydrogen) atoms. The van der Waals surface area contributed by atoms with Crippen LogP contribution in [0.2, 0.25) is 0 Å². The predicted octanol–water partition coefficient (Wildman–Crippen LogP) is 4.77. The number of hydrogen-bond acceptors (Lipinski definition) is 14. The Hall–Kier alpha value is -3.80. The molecule has 0 radical (unpaired) electrons. The summed E-state index contributed by atoms with van der Waals surface area (Å²) in [5.41, 5.74) is 1.41. The third-order valence-electron chi connectivity index (χ3n) is 9.35. The van der Waals surface area contributed by atoms with Gasteiger partial charge >= 0.3 is 0 Å². The highest BCUT2D eigenvalue weighted by Crippen LogP contribution is 2.34. The maximum atomic E-state index is 13.9. The molecular formula is C36H41N7O6S4. The predicted molar refractivity (Wildman–Crippen MR) is 208 cm³/mol. The molecule has 4 aliphatic heterocycles. The van der Waals surface area contributed by atoms with E-state index in [0.717, 1.165) is 5.56 Å². The molecule has 6 heterocycles. The first-order valence-corrected chi connectivity index (χ1v) is 21.9. The van der Waals surface area contributed by atoms with Crippen molar-refractivity contribution in [1.82, 2.24) is 25.9 Å². The van der Waals surface area contributed by atoms with Crippen molar-refractivity contribution in [3.8, 4) is 0 Å². The van der Waals surface area contributed by atoms with Gasteiger partial charge in [0.15, 0.2) is 11.8 Å². The van der Waals surface area contributed by atoms with E-state index < -0.39 is 54.2 Å². The first-order chi connectivity index (χ1) is 25.5. The highest BCUT2D eigenvalue weighted by Gasteiger charge is 2.41. The van der Waals surface area contributed by atoms with Crippen LogP contribution in [0.5, 0.6) is 0 Å². The summed E-state index contributed by atoms with van der Waals surface area (Å²) in [7, 11) is 2.88. The number of amides is 3. The van der Waals surface area contributed by atoms with Gasteiger partial charge in [-0.2, -0.15) is 0 Å². The van der Waals surface area contributed by atoms with Crippen LogP contribution in [-0.2, 0) is 25.5 Å². The van der Waals surface area contributed by atoms with Gasteiger partial charge in [-0.15, -0.1) is 22.7 Å². The number of nitrogens with zero attached hydrogens (tertiary/aromatic N) is 4. The normalized spacial score (nSPS) is 29.5. The Labute approximate surface area is 323 Å². The van der Waals surface area contributed by atoms with Gasteiger partial charge in [-0.3, -0.25) is 19.2 Å². The average molecular weight is 796 g/mol. The number of hydrogen-bond donors (Lipinski definition) is 3. The quantitative estimate of drug-likeness (QED) is 0.313. The summed E-state index contributed by atoms with van der Waals surface area (Å²) >= 11 is 2.63. The highest BCUT2D eigenvalue weighted by atomic mass is 33.1. The van der Waals surface area contributed by atoms with Gasteiger partial charge in [0.25, 0.3) is 11.8 Å². The standard InChI is InChI=1S/C36H41N7O6S4/c1-17(2)10-21-12-27(44)28-18(3)48-33(42-28)25-15-52-53-16-26(39-30(45)23-13-50-35(21)40-23)34-43-29(19(4)49-34)32(47)37-22(11-20-8-6-5-7-9-20)36-41-24(14-51-36)31(46)38-25/h5-9,13-14,17-19,21-22,25-26,28-29H,10-12,15-16H2,1-4H3,(H,37,47)(H,38,46)(H,39,45)/t18-,19-,21+,22-,25-,26-,28+,29+/m1/s1. The number of nitrogens with one attached hydrogen (secondary N) is 3. The summed E-state index contributed by atoms with van der Waals surface area (Å²) < 4.78 is 12.4. The van der Waals surface area contributed by atoms with E-state index in [1.807, 2.05) is 37.3 Å². The molecule has 3 N–H and O–H groups in total. The second-order valence-electron chi connectivity index (χ2n) is 14.0. The molecule has 2 aromatic heterocycles. The Kier molecular flexibility index (Phi) is 11.5. The van der Waals surface area contributed by atoms with Crippen LogP contribution in [0.3, 0.4) is 0 Å². The van der Waals surface area contributed by atoms with E-state index in [1.54, 1.807) is 17.7 Å². The number of thiazole rings is 2. The SMILES string of the molecule is CC(C)C[C@H]1CC(=O)[C@H]2N=C(O[C@@H]2C)[C@H]2CSSC[C@@H](NC(=O)c3csc1n3)C1=N[C@H](C(=O)N[C@H](Cc3ccccc3)c3nc(cs3)C(=O)N2)[C@@H](C)O1. The van der Waals surface area contributed by atoms with Gasteiger partial charge in [-0.1, -0.05) is 65.8 Å². The van der Waals surface area contributed by atoms with Crippen molar-refractivity contribution in [2.24, 2.45) is 15.9 Å². The van der Waals surface area contributed by atoms with Gasteiger partial charge in [0.05, 0.1) is 11.0 Å². The minimum Gasteiger partial charge on any atom is -0.474 e. The number of fused-ring (bicyclic) bond motifs is 13. The molecule has 3 amide bonds. The number of benzene rings is 1. The van der Waals surface area contributed by atoms with E-state index in [2.05, 4.69) is 29.8 Å². The average Bonchev–Trinajstić information content (AvgIpc) is 3.94. The molecular weight excluding hydrogens is 755 g/mol. The molecule has 0 saturated heterocycles. The Morgan fingerprint density at radius 1 is 0.774 bits per heavy atom. The first-order valence-electron chi connectivity index (χ1n) is 17.6. The molecule has 10 bridgehead atoms. The lowest BCUT2D eigenvalue weighted by molar-refractivity contribution is -0.124. The van der Waals surface area contributed by atoms with Crippen LogP contribution in [0.25, 0.3) is 0 Å². The van der Waals surface area contributed by atoms with Crippen LogP contribution in [-0.4, -0.2) is 93.1 Å². The van der Waals surface area contributed by atoms with E-state index in [9.17, 15) is 19.2 Å². The summed E-state index contributed by atoms with van der Waals surface area (Å²) in [6.07, 6.45) is 0.178. The summed E-state index contributed by atoms with van der Waals surface area (Å²) in [5.74, 6) is 0.00236. The number of aromatic nitrogens is 2. The van der Waals surface area contributed by atoms with Crippen molar-refractivity contribution in [3.63, 3.8) is 0 Å². The third kappa shape index (κ3) is 8.63. The fourth-order valence-electron chi connectivity index (χ4n) is 6.69. The van der Waals surface area contributed by atoms with E-state index in [1.165, 1.54) is 44.3 Å². The van der Waals surface area contributed by atoms with Gasteiger partial charge in [0.2, 0.25) is 17.7 Å². The largest absolute Gasteiger partial charge is 0.474 e. The molecule has 8 atom stereocenters. The fraction of sp³-hybridized carbons (Fsp3) is 0.500. The molecule has 0 unspecified atom stereocenters. The van der Waals surface area contributed by atoms with E-state index in [4.69, 9.17) is 29.4 Å². The van der Waals surface area contributed by atoms with Crippen LogP contribution < -0.4 is 16.0 Å². The Bertz CT molecular complexity index is 1920. The number of Topliss-reactive ketones (excluding diaryl/α,β-unsaturated/α-hetero) is 1. The lowest BCUT2D eigenvalue weighted by Gasteiger charge is -2.21. The zero-order chi connectivity index (χ0) is 37.2. The summed E-state index contributed by atoms with van der Waals surface area (Å²) in [4.78, 5) is 74.3. The van der Waals surface area contributed by atoms with Gasteiger partial charge < -0.3 is 25.4 Å². The molecule has 1 aromatic carbocycles. The highest BCUT2D eigenvalue weighted by molar-refractivity contribution is 8.76. The number of ketones is 1. The zero-order valence-electron chi connectivity index (χ0n) is 29.6. The van der Waals surface area contributed by atoms with Gasteiger partial charge in [-0.25, -0.2) is 20.0 Å². The van der Waals surface area contributed by atoms with E-state index >= 15 is 0 Å². The van der Waals surface area contributed by atoms with Gasteiger partial charge in [-0.05, 0) is 38.2 Å². The van der Waals surface area contributed by atoms with Crippen molar-refractivity contribution >= 4 is 79.6 Å². The van der Waals surface area contributed by atoms with Crippen LogP contribution in [0.15, 0.2) is 51.1 Å². The Balaban J connectivity index is 1.29. The first kappa shape index (κ1) is 37.5. The maximum Gasteiger partial charge on any atom is 0.271 e. The number of aliphatic imine (C=N–C) groups is 2. The van der Waals surface area contributed by atoms with Gasteiger partial charge in [0, 0.05) is 34.6 Å². The van der Waals surface area contributed by atoms with Crippen molar-refractivity contribution in [2.75, 3.05) is 11.5 Å². The van der Waals surface area contributed by atoms with Crippen LogP contribution >= 0.6 is 44.3 Å². The molecule has 4 aliphatic rings. The molecule has 3 aromatic rings. The second kappa shape index (κ2) is 16.3. The van der Waals surface area contributed by atoms with E-state index in [-0.39, 0.29) is 53.1 Å². The van der Waals surface area contributed by atoms with Gasteiger partial charge in [0.1, 0.15) is 46.7 Å². The topological polar surface area (TPSA) is 173 Å². The molecule has 13 nitrogen and oxygen atoms in total. The summed E-state index contributed by atoms with van der Waals surface area (Å²) in [6, 6.07) is 6.16. The maximum absolute atomic E-state index is 13.9. The van der Waals surface area contributed by atoms with Crippen LogP contribution in [0, 0.1) is 5.92 Å². The minimum absolute atomic E-state index is 0.0824. The summed E-state index contributed by atoms with van der Waals surface area (Å²) in [5, 5.41) is 13.9. The smallest absolute Gasteiger partial charge is 0.271 e. The minimum atomic E-state index is -0.877. The number of ether oxygens (including phenoxy) is 2. The zero-order valence-corrected chi connectivity index (χ0v) is 32.9. The van der Waals surface area contributed by atoms with Crippen molar-refractivity contribution in [1.29, 1.82) is 0 Å². The Morgan fingerprint density at radius 3 is 1.96 bits per heavy atom. The summed E-state index contributed by atoms with van der Waals surface area (Å²) in [6.45, 7) is 7.77. The number of carbonyl (C=O) groups excluding carboxylic acids is 4.